The fraction of sp³-hybridized carbons (Fsp3) is 0.636. The number of phenols is 1. The van der Waals surface area contributed by atoms with E-state index in [-0.39, 0.29) is 23.2 Å². The molecule has 1 aromatic carbocycles. The lowest BCUT2D eigenvalue weighted by molar-refractivity contribution is -0.385. The first-order chi connectivity index (χ1) is 20.9. The lowest BCUT2D eigenvalue weighted by Gasteiger charge is -2.58. The fourth-order valence-corrected chi connectivity index (χ4v) is 9.13. The third-order valence-corrected chi connectivity index (χ3v) is 11.3. The number of methoxy groups -OCH3 is 1. The summed E-state index contributed by atoms with van der Waals surface area (Å²) in [6.07, 6.45) is 10.4. The van der Waals surface area contributed by atoms with Crippen molar-refractivity contribution < 1.29 is 34.0 Å². The summed E-state index contributed by atoms with van der Waals surface area (Å²) in [4.78, 5) is 53.3. The topological polar surface area (TPSA) is 157 Å². The summed E-state index contributed by atoms with van der Waals surface area (Å²) in [5.41, 5.74) is 2.30. The van der Waals surface area contributed by atoms with Crippen LogP contribution in [0.3, 0.4) is 0 Å². The molecule has 11 heteroatoms. The Hall–Kier alpha value is -3.76. The SMILES string of the molecule is COC(=O)C(Cc1ccc(O)c([N+](=O)[O-])c1)NC(=O)CON=C1C=C2CCC3C(CCC4(C)C(C(C)=O)CCC34)C2(C)CC1. The molecule has 0 bridgehead atoms. The van der Waals surface area contributed by atoms with E-state index in [0.717, 1.165) is 63.1 Å². The number of benzene rings is 1. The van der Waals surface area contributed by atoms with Gasteiger partial charge in [0.2, 0.25) is 0 Å². The molecule has 0 saturated heterocycles. The Morgan fingerprint density at radius 3 is 2.61 bits per heavy atom. The molecule has 4 aliphatic carbocycles. The van der Waals surface area contributed by atoms with Gasteiger partial charge in [-0.25, -0.2) is 4.79 Å². The number of esters is 1. The maximum atomic E-state index is 12.7. The van der Waals surface area contributed by atoms with Gasteiger partial charge < -0.3 is 20.0 Å². The second-order valence-corrected chi connectivity index (χ2v) is 13.6. The van der Waals surface area contributed by atoms with Crippen LogP contribution in [-0.4, -0.2) is 53.2 Å². The Bertz CT molecular complexity index is 1410. The molecule has 1 amide bonds. The average Bonchev–Trinajstić information content (AvgIpc) is 3.35. The molecular formula is C33H43N3O8. The number of nitrogens with one attached hydrogen (secondary N) is 1. The quantitative estimate of drug-likeness (QED) is 0.224. The highest BCUT2D eigenvalue weighted by Gasteiger charge is 2.59. The van der Waals surface area contributed by atoms with Crippen LogP contribution in [0.2, 0.25) is 0 Å². The number of hydrogen-bond acceptors (Lipinski definition) is 9. The van der Waals surface area contributed by atoms with Gasteiger partial charge in [-0.2, -0.15) is 0 Å². The second-order valence-electron chi connectivity index (χ2n) is 13.6. The Morgan fingerprint density at radius 1 is 1.14 bits per heavy atom. The molecule has 11 nitrogen and oxygen atoms in total. The highest BCUT2D eigenvalue weighted by atomic mass is 16.6. The number of nitrogens with zero attached hydrogens (tertiary/aromatic N) is 2. The normalized spacial score (nSPS) is 32.4. The monoisotopic (exact) mass is 609 g/mol. The first kappa shape index (κ1) is 31.7. The van der Waals surface area contributed by atoms with Crippen LogP contribution in [0.1, 0.15) is 77.7 Å². The highest BCUT2D eigenvalue weighted by molar-refractivity contribution is 5.96. The van der Waals surface area contributed by atoms with Gasteiger partial charge in [0.25, 0.3) is 5.91 Å². The zero-order valence-electron chi connectivity index (χ0n) is 26.0. The van der Waals surface area contributed by atoms with Crippen LogP contribution in [0.5, 0.6) is 5.75 Å². The number of nitro benzene ring substituents is 1. The number of hydrogen-bond donors (Lipinski definition) is 2. The molecule has 0 radical (unpaired) electrons. The molecule has 44 heavy (non-hydrogen) atoms. The molecule has 4 aliphatic rings. The van der Waals surface area contributed by atoms with E-state index in [1.54, 1.807) is 6.92 Å². The molecule has 0 aromatic heterocycles. The average molecular weight is 610 g/mol. The molecule has 5 rings (SSSR count). The van der Waals surface area contributed by atoms with Crippen LogP contribution in [0, 0.1) is 44.6 Å². The number of Topliss-reactive ketones (excluding diaryl/α,β-unsaturated/α-hetero) is 1. The van der Waals surface area contributed by atoms with E-state index in [9.17, 15) is 29.6 Å². The maximum Gasteiger partial charge on any atom is 0.328 e. The molecule has 0 aliphatic heterocycles. The van der Waals surface area contributed by atoms with Crippen LogP contribution in [-0.2, 0) is 30.4 Å². The number of allylic oxidation sites excluding steroid dienone is 2. The van der Waals surface area contributed by atoms with Crippen molar-refractivity contribution in [1.29, 1.82) is 0 Å². The molecule has 3 fully saturated rings. The standard InChI is InChI=1S/C33H43N3O8/c1-19(37)24-8-9-25-23-7-6-21-17-22(11-13-32(21,2)26(23)12-14-33(24,25)3)35-44-18-30(39)34-27(31(40)43-4)15-20-5-10-29(38)28(16-20)36(41)42/h5,10,16-17,23-27,38H,6-9,11-15,18H2,1-4H3,(H,34,39). The predicted octanol–water partition coefficient (Wildman–Crippen LogP) is 5.04. The molecule has 238 valence electrons. The van der Waals surface area contributed by atoms with E-state index >= 15 is 0 Å². The molecule has 0 spiro atoms. The number of nitro groups is 1. The molecule has 7 atom stereocenters. The van der Waals surface area contributed by atoms with Gasteiger partial charge in [0.15, 0.2) is 12.4 Å². The number of oxime groups is 1. The summed E-state index contributed by atoms with van der Waals surface area (Å²) < 4.78 is 4.80. The number of aromatic hydroxyl groups is 1. The molecule has 1 aromatic rings. The summed E-state index contributed by atoms with van der Waals surface area (Å²) in [5.74, 6) is 0.626. The van der Waals surface area contributed by atoms with Gasteiger partial charge in [-0.05, 0) is 105 Å². The zero-order valence-corrected chi connectivity index (χ0v) is 26.0. The van der Waals surface area contributed by atoms with E-state index in [1.807, 2.05) is 0 Å². The Kier molecular flexibility index (Phi) is 8.87. The number of carbonyl (C=O) groups excluding carboxylic acids is 3. The minimum absolute atomic E-state index is 0.0731. The molecule has 2 N–H and O–H groups in total. The fourth-order valence-electron chi connectivity index (χ4n) is 9.13. The van der Waals surface area contributed by atoms with Gasteiger partial charge in [-0.3, -0.25) is 19.7 Å². The maximum absolute atomic E-state index is 12.7. The number of ketones is 1. The third-order valence-electron chi connectivity index (χ3n) is 11.3. The van der Waals surface area contributed by atoms with Crippen molar-refractivity contribution in [2.45, 2.75) is 84.6 Å². The van der Waals surface area contributed by atoms with Gasteiger partial charge in [0, 0.05) is 18.4 Å². The highest BCUT2D eigenvalue weighted by Crippen LogP contribution is 2.66. The number of fused-ring (bicyclic) bond motifs is 5. The largest absolute Gasteiger partial charge is 0.502 e. The third kappa shape index (κ3) is 5.85. The van der Waals surface area contributed by atoms with Gasteiger partial charge >= 0.3 is 11.7 Å². The van der Waals surface area contributed by atoms with Crippen molar-refractivity contribution in [3.63, 3.8) is 0 Å². The van der Waals surface area contributed by atoms with Gasteiger partial charge in [0.1, 0.15) is 11.8 Å². The molecule has 0 heterocycles. The van der Waals surface area contributed by atoms with Crippen LogP contribution in [0.4, 0.5) is 5.69 Å². The summed E-state index contributed by atoms with van der Waals surface area (Å²) in [6, 6.07) is 2.65. The summed E-state index contributed by atoms with van der Waals surface area (Å²) >= 11 is 0. The van der Waals surface area contributed by atoms with E-state index in [0.29, 0.717) is 29.1 Å². The lowest BCUT2D eigenvalue weighted by atomic mass is 9.46. The van der Waals surface area contributed by atoms with E-state index in [2.05, 4.69) is 30.4 Å². The van der Waals surface area contributed by atoms with Crippen LogP contribution < -0.4 is 5.32 Å². The van der Waals surface area contributed by atoms with Crippen molar-refractivity contribution in [1.82, 2.24) is 5.32 Å². The second kappa shape index (κ2) is 12.3. The minimum Gasteiger partial charge on any atom is -0.502 e. The zero-order chi connectivity index (χ0) is 31.8. The van der Waals surface area contributed by atoms with Gasteiger partial charge in [-0.15, -0.1) is 0 Å². The number of rotatable bonds is 9. The van der Waals surface area contributed by atoms with Crippen molar-refractivity contribution in [2.75, 3.05) is 13.7 Å². The van der Waals surface area contributed by atoms with Crippen LogP contribution >= 0.6 is 0 Å². The first-order valence-electron chi connectivity index (χ1n) is 15.6. The predicted molar refractivity (Wildman–Crippen MR) is 162 cm³/mol. The van der Waals surface area contributed by atoms with Gasteiger partial charge in [0.05, 0.1) is 17.7 Å². The van der Waals surface area contributed by atoms with E-state index in [1.165, 1.54) is 24.8 Å². The van der Waals surface area contributed by atoms with Crippen molar-refractivity contribution in [3.8, 4) is 5.75 Å². The van der Waals surface area contributed by atoms with Crippen molar-refractivity contribution >= 4 is 29.1 Å². The van der Waals surface area contributed by atoms with Crippen LogP contribution in [0.15, 0.2) is 35.0 Å². The first-order valence-corrected chi connectivity index (χ1v) is 15.6. The van der Waals surface area contributed by atoms with E-state index < -0.39 is 40.9 Å². The van der Waals surface area contributed by atoms with Crippen molar-refractivity contribution in [2.24, 2.45) is 39.7 Å². The van der Waals surface area contributed by atoms with E-state index in [4.69, 9.17) is 9.57 Å². The molecule has 3 saturated carbocycles. The number of phenolic OH excluding ortho intramolecular Hbond substituents is 1. The summed E-state index contributed by atoms with van der Waals surface area (Å²) in [5, 5.41) is 27.7. The van der Waals surface area contributed by atoms with Gasteiger partial charge in [-0.1, -0.05) is 30.6 Å². The number of carbonyl (C=O) groups is 3. The summed E-state index contributed by atoms with van der Waals surface area (Å²) in [7, 11) is 1.18. The Labute approximate surface area is 257 Å². The Morgan fingerprint density at radius 2 is 1.91 bits per heavy atom. The smallest absolute Gasteiger partial charge is 0.328 e. The number of ether oxygens (including phenoxy) is 1. The summed E-state index contributed by atoms with van der Waals surface area (Å²) in [6.45, 7) is 6.13. The van der Waals surface area contributed by atoms with Crippen LogP contribution in [0.25, 0.3) is 0 Å². The Balaban J connectivity index is 1.19. The lowest BCUT2D eigenvalue weighted by Crippen LogP contribution is -2.51. The van der Waals surface area contributed by atoms with Crippen molar-refractivity contribution in [3.05, 3.63) is 45.5 Å². The molecular weight excluding hydrogens is 566 g/mol. The minimum atomic E-state index is -1.11. The number of amides is 1. The molecule has 7 unspecified atom stereocenters.